The summed E-state index contributed by atoms with van der Waals surface area (Å²) in [6.45, 7) is 0.461. The van der Waals surface area contributed by atoms with E-state index >= 15 is 0 Å². The van der Waals surface area contributed by atoms with Crippen LogP contribution in [0.3, 0.4) is 0 Å². The highest BCUT2D eigenvalue weighted by Gasteiger charge is 2.29. The molecule has 0 bridgehead atoms. The summed E-state index contributed by atoms with van der Waals surface area (Å²) >= 11 is 1.21. The Labute approximate surface area is 128 Å². The lowest BCUT2D eigenvalue weighted by atomic mass is 10.1. The smallest absolute Gasteiger partial charge is 0.299 e. The van der Waals surface area contributed by atoms with Crippen LogP contribution in [-0.2, 0) is 17.5 Å². The molecular formula is C13H13F3N4OS. The molecule has 9 heteroatoms. The molecule has 22 heavy (non-hydrogen) atoms. The minimum absolute atomic E-state index is 0.0978. The lowest BCUT2D eigenvalue weighted by Gasteiger charge is -2.16. The molecule has 0 fully saturated rings. The monoisotopic (exact) mass is 330 g/mol. The van der Waals surface area contributed by atoms with Crippen molar-refractivity contribution < 1.29 is 18.0 Å². The first-order chi connectivity index (χ1) is 10.3. The molecule has 1 N–H and O–H groups in total. The van der Waals surface area contributed by atoms with Crippen LogP contribution in [0.1, 0.15) is 11.1 Å². The molecule has 1 amide bonds. The molecule has 0 aliphatic heterocycles. The number of carbonyl (C=O) groups excluding carboxylic acids is 1. The lowest BCUT2D eigenvalue weighted by molar-refractivity contribution is -0.137. The summed E-state index contributed by atoms with van der Waals surface area (Å²) in [5.74, 6) is -0.258. The van der Waals surface area contributed by atoms with Gasteiger partial charge in [0.1, 0.15) is 5.51 Å². The topological polar surface area (TPSA) is 58.1 Å². The van der Waals surface area contributed by atoms with Gasteiger partial charge in [0.2, 0.25) is 11.0 Å². The van der Waals surface area contributed by atoms with E-state index in [-0.39, 0.29) is 12.5 Å². The summed E-state index contributed by atoms with van der Waals surface area (Å²) in [7, 11) is 1.71. The molecule has 0 unspecified atom stereocenters. The Bertz CT molecular complexity index is 613. The number of nitrogens with one attached hydrogen (secondary N) is 1. The Morgan fingerprint density at radius 2 is 2.00 bits per heavy atom. The number of amides is 1. The van der Waals surface area contributed by atoms with Crippen molar-refractivity contribution in [1.82, 2.24) is 15.1 Å². The van der Waals surface area contributed by atoms with Crippen LogP contribution in [0.15, 0.2) is 29.8 Å². The molecule has 0 aliphatic carbocycles. The van der Waals surface area contributed by atoms with Gasteiger partial charge in [0.25, 0.3) is 0 Å². The average molecular weight is 330 g/mol. The summed E-state index contributed by atoms with van der Waals surface area (Å²) in [6, 6.07) is 4.87. The molecule has 1 aromatic heterocycles. The summed E-state index contributed by atoms with van der Waals surface area (Å²) in [5, 5.41) is 10.3. The van der Waals surface area contributed by atoms with Gasteiger partial charge in [0.15, 0.2) is 0 Å². The number of rotatable bonds is 5. The van der Waals surface area contributed by atoms with Gasteiger partial charge in [0, 0.05) is 6.54 Å². The van der Waals surface area contributed by atoms with Gasteiger partial charge >= 0.3 is 6.18 Å². The zero-order valence-corrected chi connectivity index (χ0v) is 12.4. The summed E-state index contributed by atoms with van der Waals surface area (Å²) in [4.78, 5) is 13.4. The standard InChI is InChI=1S/C13H13F3N4OS/c1-20(7-11(21)18-12-19-17-8-22-12)6-9-2-4-10(5-3-9)13(14,15)16/h2-5,8H,6-7H2,1H3,(H,18,19,21). The van der Waals surface area contributed by atoms with Gasteiger partial charge in [0.05, 0.1) is 12.1 Å². The molecule has 1 heterocycles. The number of hydrogen-bond acceptors (Lipinski definition) is 5. The second kappa shape index (κ2) is 6.84. The average Bonchev–Trinajstić information content (AvgIpc) is 2.90. The largest absolute Gasteiger partial charge is 0.416 e. The fourth-order valence-electron chi connectivity index (χ4n) is 1.80. The predicted octanol–water partition coefficient (Wildman–Crippen LogP) is 2.63. The van der Waals surface area contributed by atoms with Crippen molar-refractivity contribution in [2.75, 3.05) is 18.9 Å². The number of hydrogen-bond donors (Lipinski definition) is 1. The molecule has 118 valence electrons. The van der Waals surface area contributed by atoms with Gasteiger partial charge in [-0.2, -0.15) is 13.2 Å². The fraction of sp³-hybridized carbons (Fsp3) is 0.308. The Morgan fingerprint density at radius 3 is 2.55 bits per heavy atom. The minimum atomic E-state index is -4.34. The quantitative estimate of drug-likeness (QED) is 0.916. The van der Waals surface area contributed by atoms with E-state index in [0.29, 0.717) is 17.2 Å². The molecule has 0 aliphatic rings. The van der Waals surface area contributed by atoms with Crippen LogP contribution in [0.25, 0.3) is 0 Å². The number of benzene rings is 1. The first-order valence-corrected chi connectivity index (χ1v) is 7.13. The van der Waals surface area contributed by atoms with Crippen molar-refractivity contribution in [3.63, 3.8) is 0 Å². The molecule has 2 rings (SSSR count). The third-order valence-corrected chi connectivity index (χ3v) is 3.36. The minimum Gasteiger partial charge on any atom is -0.299 e. The van der Waals surface area contributed by atoms with E-state index in [1.54, 1.807) is 11.9 Å². The molecule has 5 nitrogen and oxygen atoms in total. The van der Waals surface area contributed by atoms with E-state index in [9.17, 15) is 18.0 Å². The molecule has 0 saturated heterocycles. The van der Waals surface area contributed by atoms with Crippen molar-refractivity contribution in [3.8, 4) is 0 Å². The fourth-order valence-corrected chi connectivity index (χ4v) is 2.26. The predicted molar refractivity (Wildman–Crippen MR) is 76.3 cm³/mol. The van der Waals surface area contributed by atoms with E-state index in [0.717, 1.165) is 12.1 Å². The third-order valence-electron chi connectivity index (χ3n) is 2.75. The van der Waals surface area contributed by atoms with Crippen LogP contribution in [0.2, 0.25) is 0 Å². The summed E-state index contributed by atoms with van der Waals surface area (Å²) < 4.78 is 37.4. The van der Waals surface area contributed by atoms with Crippen molar-refractivity contribution in [3.05, 3.63) is 40.9 Å². The lowest BCUT2D eigenvalue weighted by Crippen LogP contribution is -2.29. The molecule has 0 radical (unpaired) electrons. The van der Waals surface area contributed by atoms with E-state index in [2.05, 4.69) is 15.5 Å². The number of nitrogens with zero attached hydrogens (tertiary/aromatic N) is 3. The highest BCUT2D eigenvalue weighted by atomic mass is 32.1. The van der Waals surface area contributed by atoms with Crippen LogP contribution in [0, 0.1) is 0 Å². The third kappa shape index (κ3) is 4.78. The molecule has 1 aromatic carbocycles. The molecule has 0 saturated carbocycles. The Morgan fingerprint density at radius 1 is 1.32 bits per heavy atom. The van der Waals surface area contributed by atoms with Gasteiger partial charge < -0.3 is 0 Å². The van der Waals surface area contributed by atoms with E-state index in [1.165, 1.54) is 29.0 Å². The second-order valence-corrected chi connectivity index (χ2v) is 5.49. The van der Waals surface area contributed by atoms with Crippen molar-refractivity contribution in [2.24, 2.45) is 0 Å². The number of anilines is 1. The zero-order valence-electron chi connectivity index (χ0n) is 11.6. The number of aromatic nitrogens is 2. The maximum Gasteiger partial charge on any atom is 0.416 e. The van der Waals surface area contributed by atoms with Gasteiger partial charge in [-0.05, 0) is 24.7 Å². The molecular weight excluding hydrogens is 317 g/mol. The van der Waals surface area contributed by atoms with E-state index in [4.69, 9.17) is 0 Å². The second-order valence-electron chi connectivity index (χ2n) is 4.66. The van der Waals surface area contributed by atoms with E-state index in [1.807, 2.05) is 0 Å². The Balaban J connectivity index is 1.86. The highest BCUT2D eigenvalue weighted by Crippen LogP contribution is 2.29. The van der Waals surface area contributed by atoms with Gasteiger partial charge in [-0.1, -0.05) is 23.5 Å². The maximum atomic E-state index is 12.5. The van der Waals surface area contributed by atoms with Gasteiger partial charge in [-0.3, -0.25) is 15.0 Å². The molecule has 0 atom stereocenters. The van der Waals surface area contributed by atoms with Crippen molar-refractivity contribution in [2.45, 2.75) is 12.7 Å². The van der Waals surface area contributed by atoms with Gasteiger partial charge in [-0.15, -0.1) is 10.2 Å². The van der Waals surface area contributed by atoms with Crippen molar-refractivity contribution in [1.29, 1.82) is 0 Å². The first kappa shape index (κ1) is 16.4. The van der Waals surface area contributed by atoms with E-state index < -0.39 is 11.7 Å². The van der Waals surface area contributed by atoms with Crippen LogP contribution >= 0.6 is 11.3 Å². The normalized spacial score (nSPS) is 11.7. The number of carbonyl (C=O) groups is 1. The highest BCUT2D eigenvalue weighted by molar-refractivity contribution is 7.13. The number of likely N-dealkylation sites (N-methyl/N-ethyl adjacent to an activating group) is 1. The van der Waals surface area contributed by atoms with Gasteiger partial charge in [-0.25, -0.2) is 0 Å². The van der Waals surface area contributed by atoms with Crippen LogP contribution in [0.5, 0.6) is 0 Å². The summed E-state index contributed by atoms with van der Waals surface area (Å²) in [6.07, 6.45) is -4.34. The van der Waals surface area contributed by atoms with Crippen LogP contribution < -0.4 is 5.32 Å². The van der Waals surface area contributed by atoms with Crippen LogP contribution in [0.4, 0.5) is 18.3 Å². The number of halogens is 3. The SMILES string of the molecule is CN(CC(=O)Nc1nncs1)Cc1ccc(C(F)(F)F)cc1. The maximum absolute atomic E-state index is 12.5. The molecule has 2 aromatic rings. The number of alkyl halides is 3. The van der Waals surface area contributed by atoms with Crippen LogP contribution in [-0.4, -0.2) is 34.6 Å². The van der Waals surface area contributed by atoms with Crippen molar-refractivity contribution >= 4 is 22.4 Å². The molecule has 0 spiro atoms. The first-order valence-electron chi connectivity index (χ1n) is 6.25. The Kier molecular flexibility index (Phi) is 5.09. The Hall–Kier alpha value is -2.00. The summed E-state index contributed by atoms with van der Waals surface area (Å²) in [5.41, 5.74) is 1.51. The zero-order chi connectivity index (χ0) is 16.2.